The predicted molar refractivity (Wildman–Crippen MR) is 88.6 cm³/mol. The zero-order valence-electron chi connectivity index (χ0n) is 14.6. The Morgan fingerprint density at radius 2 is 1.35 bits per heavy atom. The average molecular weight is 500 g/mol. The fourth-order valence-corrected chi connectivity index (χ4v) is 3.82. The number of hydrogen-bond donors (Lipinski definition) is 2. The third-order valence-corrected chi connectivity index (χ3v) is 5.92. The minimum absolute atomic E-state index is 0.263. The molecule has 172 valence electrons. The van der Waals surface area contributed by atoms with Gasteiger partial charge in [0, 0.05) is 6.07 Å². The second-order valence-corrected chi connectivity index (χ2v) is 8.76. The topological polar surface area (TPSA) is 102 Å². The number of nitrogens with one attached hydrogen (secondary N) is 2. The smallest absolute Gasteiger partial charge is 0.494 e. The van der Waals surface area contributed by atoms with Gasteiger partial charge in [-0.25, -0.2) is 30.4 Å². The van der Waals surface area contributed by atoms with Gasteiger partial charge in [-0.2, -0.15) is 21.6 Å². The molecule has 0 spiro atoms. The summed E-state index contributed by atoms with van der Waals surface area (Å²) in [4.78, 5) is -2.34. The van der Waals surface area contributed by atoms with Gasteiger partial charge in [-0.3, -0.25) is 9.44 Å². The first-order valence-electron chi connectivity index (χ1n) is 7.35. The lowest BCUT2D eigenvalue weighted by Crippen LogP contribution is -2.31. The van der Waals surface area contributed by atoms with Crippen molar-refractivity contribution in [2.75, 3.05) is 16.6 Å². The first-order chi connectivity index (χ1) is 14.0. The number of methoxy groups -OCH3 is 1. The Balaban J connectivity index is 2.59. The number of sulfonamides is 2. The second kappa shape index (κ2) is 8.03. The van der Waals surface area contributed by atoms with Crippen LogP contribution in [0.15, 0.2) is 23.1 Å². The van der Waals surface area contributed by atoms with Crippen molar-refractivity contribution in [2.45, 2.75) is 10.4 Å². The molecule has 0 amide bonds. The molecule has 0 unspecified atom stereocenters. The molecule has 0 fully saturated rings. The molecule has 0 bridgehead atoms. The van der Waals surface area contributed by atoms with E-state index in [0.717, 1.165) is 19.2 Å². The van der Waals surface area contributed by atoms with Gasteiger partial charge in [0.2, 0.25) is 0 Å². The average Bonchev–Trinajstić information content (AvgIpc) is 2.62. The summed E-state index contributed by atoms with van der Waals surface area (Å²) >= 11 is 0. The van der Waals surface area contributed by atoms with Crippen LogP contribution in [0.25, 0.3) is 0 Å². The fourth-order valence-electron chi connectivity index (χ4n) is 2.07. The number of rotatable bonds is 6. The van der Waals surface area contributed by atoms with Crippen LogP contribution in [0.5, 0.6) is 5.75 Å². The third kappa shape index (κ3) is 4.60. The van der Waals surface area contributed by atoms with E-state index in [9.17, 15) is 52.0 Å². The molecule has 0 saturated carbocycles. The molecule has 0 aromatic heterocycles. The molecule has 17 heteroatoms. The standard InChI is InChI=1S/C14H8F8N2O5S2/c1-29-7-3-2-5(4-6(7)15)23-30(25,26)13-10(18)8(16)12(9(17)11(13)19)24-31(27,28)14(20,21)22/h2-4,23-24H,1H3. The molecule has 2 rings (SSSR count). The number of hydrogen-bond acceptors (Lipinski definition) is 5. The van der Waals surface area contributed by atoms with Crippen molar-refractivity contribution in [3.63, 3.8) is 0 Å². The number of halogens is 8. The van der Waals surface area contributed by atoms with E-state index in [1.807, 2.05) is 0 Å². The molecule has 2 aromatic rings. The molecule has 2 aromatic carbocycles. The number of alkyl halides is 3. The lowest BCUT2D eigenvalue weighted by molar-refractivity contribution is -0.0429. The maximum absolute atomic E-state index is 14.2. The van der Waals surface area contributed by atoms with Crippen LogP contribution in [-0.2, 0) is 20.0 Å². The Kier molecular flexibility index (Phi) is 6.33. The highest BCUT2D eigenvalue weighted by Gasteiger charge is 2.47. The maximum Gasteiger partial charge on any atom is 0.516 e. The summed E-state index contributed by atoms with van der Waals surface area (Å²) < 4.78 is 160. The molecule has 31 heavy (non-hydrogen) atoms. The largest absolute Gasteiger partial charge is 0.516 e. The van der Waals surface area contributed by atoms with Crippen molar-refractivity contribution < 1.29 is 56.7 Å². The normalized spacial score (nSPS) is 12.5. The Hall–Kier alpha value is -2.82. The quantitative estimate of drug-likeness (QED) is 0.468. The number of anilines is 2. The summed E-state index contributed by atoms with van der Waals surface area (Å²) in [6.07, 6.45) is 0. The number of ether oxygens (including phenoxy) is 1. The SMILES string of the molecule is COc1ccc(NS(=O)(=O)c2c(F)c(F)c(NS(=O)(=O)C(F)(F)F)c(F)c2F)cc1F. The highest BCUT2D eigenvalue weighted by molar-refractivity contribution is 7.93. The van der Waals surface area contributed by atoms with Gasteiger partial charge in [0.15, 0.2) is 39.7 Å². The molecule has 0 heterocycles. The van der Waals surface area contributed by atoms with Crippen LogP contribution in [0.3, 0.4) is 0 Å². The van der Waals surface area contributed by atoms with Crippen LogP contribution in [0.1, 0.15) is 0 Å². The van der Waals surface area contributed by atoms with Gasteiger partial charge >= 0.3 is 15.5 Å². The molecule has 0 aliphatic carbocycles. The van der Waals surface area contributed by atoms with E-state index in [-0.39, 0.29) is 10.5 Å². The summed E-state index contributed by atoms with van der Waals surface area (Å²) in [6, 6.07) is 2.20. The zero-order valence-corrected chi connectivity index (χ0v) is 16.2. The summed E-state index contributed by atoms with van der Waals surface area (Å²) in [5.41, 5.74) is -9.25. The monoisotopic (exact) mass is 500 g/mol. The minimum Gasteiger partial charge on any atom is -0.494 e. The van der Waals surface area contributed by atoms with Gasteiger partial charge in [0.1, 0.15) is 5.69 Å². The first-order valence-corrected chi connectivity index (χ1v) is 10.3. The first kappa shape index (κ1) is 24.4. The van der Waals surface area contributed by atoms with E-state index >= 15 is 0 Å². The van der Waals surface area contributed by atoms with Gasteiger partial charge in [-0.1, -0.05) is 0 Å². The summed E-state index contributed by atoms with van der Waals surface area (Å²) in [5.74, 6) is -12.6. The summed E-state index contributed by atoms with van der Waals surface area (Å²) in [6.45, 7) is 0. The zero-order chi connectivity index (χ0) is 23.9. The maximum atomic E-state index is 14.2. The molecule has 0 radical (unpaired) electrons. The third-order valence-electron chi connectivity index (χ3n) is 3.44. The lowest BCUT2D eigenvalue weighted by Gasteiger charge is -2.16. The van der Waals surface area contributed by atoms with Crippen LogP contribution < -0.4 is 14.2 Å². The fraction of sp³-hybridized carbons (Fsp3) is 0.143. The van der Waals surface area contributed by atoms with Crippen molar-refractivity contribution in [1.29, 1.82) is 0 Å². The molecule has 0 aliphatic heterocycles. The van der Waals surface area contributed by atoms with Crippen molar-refractivity contribution >= 4 is 31.4 Å². The van der Waals surface area contributed by atoms with Gasteiger partial charge in [0.25, 0.3) is 10.0 Å². The van der Waals surface area contributed by atoms with Gasteiger partial charge in [-0.15, -0.1) is 0 Å². The number of benzene rings is 2. The summed E-state index contributed by atoms with van der Waals surface area (Å²) in [5, 5.41) is 0. The summed E-state index contributed by atoms with van der Waals surface area (Å²) in [7, 11) is -11.0. The Morgan fingerprint density at radius 3 is 1.77 bits per heavy atom. The minimum atomic E-state index is -6.52. The Bertz CT molecular complexity index is 1220. The predicted octanol–water partition coefficient (Wildman–Crippen LogP) is 3.45. The van der Waals surface area contributed by atoms with Gasteiger partial charge < -0.3 is 4.74 Å². The molecular formula is C14H8F8N2O5S2. The van der Waals surface area contributed by atoms with E-state index in [0.29, 0.717) is 6.07 Å². The van der Waals surface area contributed by atoms with Crippen LogP contribution in [0.4, 0.5) is 46.5 Å². The highest BCUT2D eigenvalue weighted by atomic mass is 32.2. The van der Waals surface area contributed by atoms with E-state index < -0.39 is 70.9 Å². The van der Waals surface area contributed by atoms with E-state index in [4.69, 9.17) is 0 Å². The highest BCUT2D eigenvalue weighted by Crippen LogP contribution is 2.35. The van der Waals surface area contributed by atoms with Gasteiger partial charge in [0.05, 0.1) is 12.8 Å². The molecule has 0 aliphatic rings. The van der Waals surface area contributed by atoms with E-state index in [1.165, 1.54) is 4.72 Å². The molecular weight excluding hydrogens is 492 g/mol. The van der Waals surface area contributed by atoms with Crippen molar-refractivity contribution in [3.05, 3.63) is 47.3 Å². The van der Waals surface area contributed by atoms with Crippen LogP contribution >= 0.6 is 0 Å². The van der Waals surface area contributed by atoms with Crippen molar-refractivity contribution in [3.8, 4) is 5.75 Å². The molecule has 7 nitrogen and oxygen atoms in total. The second-order valence-electron chi connectivity index (χ2n) is 5.47. The Labute approximate surface area is 168 Å². The molecule has 0 saturated heterocycles. The van der Waals surface area contributed by atoms with Crippen LogP contribution in [-0.4, -0.2) is 29.5 Å². The van der Waals surface area contributed by atoms with Crippen molar-refractivity contribution in [2.24, 2.45) is 0 Å². The van der Waals surface area contributed by atoms with E-state index in [2.05, 4.69) is 4.74 Å². The van der Waals surface area contributed by atoms with Gasteiger partial charge in [-0.05, 0) is 12.1 Å². The van der Waals surface area contributed by atoms with E-state index in [1.54, 1.807) is 0 Å². The van der Waals surface area contributed by atoms with Crippen LogP contribution in [0, 0.1) is 29.1 Å². The lowest BCUT2D eigenvalue weighted by atomic mass is 10.2. The van der Waals surface area contributed by atoms with Crippen molar-refractivity contribution in [1.82, 2.24) is 0 Å². The Morgan fingerprint density at radius 1 is 0.839 bits per heavy atom. The molecule has 0 atom stereocenters. The molecule has 2 N–H and O–H groups in total. The van der Waals surface area contributed by atoms with Crippen LogP contribution in [0.2, 0.25) is 0 Å².